The molecule has 1 atom stereocenters. The van der Waals surface area contributed by atoms with Gasteiger partial charge in [-0.25, -0.2) is 0 Å². The standard InChI is InChI=1S/C13H26N2O/c1-12(14-2)8-7-11-15-10-6-4-3-5-9-13(15)16/h12,14H,3-11H2,1-2H3. The highest BCUT2D eigenvalue weighted by Crippen LogP contribution is 2.12. The highest BCUT2D eigenvalue weighted by Gasteiger charge is 2.14. The van der Waals surface area contributed by atoms with Gasteiger partial charge >= 0.3 is 0 Å². The van der Waals surface area contributed by atoms with E-state index in [4.69, 9.17) is 0 Å². The number of hydrogen-bond donors (Lipinski definition) is 1. The molecule has 1 fully saturated rings. The van der Waals surface area contributed by atoms with Crippen LogP contribution in [0.1, 0.15) is 51.9 Å². The van der Waals surface area contributed by atoms with E-state index in [0.29, 0.717) is 11.9 Å². The molecule has 0 aromatic rings. The number of nitrogens with one attached hydrogen (secondary N) is 1. The van der Waals surface area contributed by atoms with E-state index in [9.17, 15) is 4.79 Å². The Morgan fingerprint density at radius 2 is 2.06 bits per heavy atom. The maximum absolute atomic E-state index is 11.8. The smallest absolute Gasteiger partial charge is 0.222 e. The lowest BCUT2D eigenvalue weighted by atomic mass is 10.1. The lowest BCUT2D eigenvalue weighted by molar-refractivity contribution is -0.131. The lowest BCUT2D eigenvalue weighted by Gasteiger charge is -2.25. The van der Waals surface area contributed by atoms with E-state index in [1.165, 1.54) is 19.3 Å². The zero-order valence-corrected chi connectivity index (χ0v) is 10.8. The number of likely N-dealkylation sites (tertiary alicyclic amines) is 1. The first-order chi connectivity index (χ1) is 7.74. The first kappa shape index (κ1) is 13.5. The maximum atomic E-state index is 11.8. The van der Waals surface area contributed by atoms with Crippen LogP contribution >= 0.6 is 0 Å². The minimum absolute atomic E-state index is 0.372. The average molecular weight is 226 g/mol. The molecule has 0 aromatic carbocycles. The SMILES string of the molecule is CNC(C)CCCN1CCCCCCC1=O. The predicted octanol–water partition coefficient (Wildman–Crippen LogP) is 2.17. The summed E-state index contributed by atoms with van der Waals surface area (Å²) in [6, 6.07) is 0.560. The van der Waals surface area contributed by atoms with Crippen molar-refractivity contribution in [1.82, 2.24) is 10.2 Å². The van der Waals surface area contributed by atoms with Crippen molar-refractivity contribution >= 4 is 5.91 Å². The highest BCUT2D eigenvalue weighted by atomic mass is 16.2. The van der Waals surface area contributed by atoms with E-state index in [-0.39, 0.29) is 0 Å². The van der Waals surface area contributed by atoms with E-state index in [2.05, 4.69) is 17.1 Å². The molecular formula is C13H26N2O. The Labute approximate surface area is 99.6 Å². The second-order valence-electron chi connectivity index (χ2n) is 4.88. The van der Waals surface area contributed by atoms with Crippen molar-refractivity contribution in [1.29, 1.82) is 0 Å². The summed E-state index contributed by atoms with van der Waals surface area (Å²) in [4.78, 5) is 13.9. The molecule has 1 unspecified atom stereocenters. The van der Waals surface area contributed by atoms with Crippen LogP contribution in [0.15, 0.2) is 0 Å². The fourth-order valence-corrected chi connectivity index (χ4v) is 2.18. The Balaban J connectivity index is 2.24. The summed E-state index contributed by atoms with van der Waals surface area (Å²) < 4.78 is 0. The van der Waals surface area contributed by atoms with Crippen molar-refractivity contribution in [3.05, 3.63) is 0 Å². The van der Waals surface area contributed by atoms with Crippen LogP contribution in [0.25, 0.3) is 0 Å². The van der Waals surface area contributed by atoms with Gasteiger partial charge in [0.15, 0.2) is 0 Å². The minimum Gasteiger partial charge on any atom is -0.343 e. The Morgan fingerprint density at radius 1 is 1.31 bits per heavy atom. The van der Waals surface area contributed by atoms with Crippen LogP contribution in [-0.2, 0) is 4.79 Å². The van der Waals surface area contributed by atoms with E-state index >= 15 is 0 Å². The van der Waals surface area contributed by atoms with Crippen LogP contribution in [0.5, 0.6) is 0 Å². The number of amides is 1. The summed E-state index contributed by atoms with van der Waals surface area (Å²) in [5.74, 6) is 0.372. The first-order valence-corrected chi connectivity index (χ1v) is 6.69. The summed E-state index contributed by atoms with van der Waals surface area (Å²) in [5, 5.41) is 3.23. The molecule has 0 spiro atoms. The third-order valence-electron chi connectivity index (χ3n) is 3.48. The first-order valence-electron chi connectivity index (χ1n) is 6.69. The average Bonchev–Trinajstić information content (AvgIpc) is 2.27. The number of carbonyl (C=O) groups excluding carboxylic acids is 1. The van der Waals surface area contributed by atoms with Crippen LogP contribution in [0, 0.1) is 0 Å². The van der Waals surface area contributed by atoms with Crippen LogP contribution in [0.4, 0.5) is 0 Å². The monoisotopic (exact) mass is 226 g/mol. The van der Waals surface area contributed by atoms with Gasteiger partial charge in [-0.2, -0.15) is 0 Å². The molecule has 0 saturated carbocycles. The molecular weight excluding hydrogens is 200 g/mol. The fraction of sp³-hybridized carbons (Fsp3) is 0.923. The van der Waals surface area contributed by atoms with E-state index in [1.807, 2.05) is 7.05 Å². The van der Waals surface area contributed by atoms with E-state index in [0.717, 1.165) is 38.8 Å². The normalized spacial score (nSPS) is 20.4. The van der Waals surface area contributed by atoms with Crippen molar-refractivity contribution in [3.63, 3.8) is 0 Å². The summed E-state index contributed by atoms with van der Waals surface area (Å²) in [6.07, 6.45) is 7.83. The molecule has 1 aliphatic rings. The summed E-state index contributed by atoms with van der Waals surface area (Å²) in [5.41, 5.74) is 0. The van der Waals surface area contributed by atoms with Gasteiger partial charge < -0.3 is 10.2 Å². The molecule has 94 valence electrons. The van der Waals surface area contributed by atoms with Gasteiger partial charge in [-0.05, 0) is 39.7 Å². The molecule has 0 aliphatic carbocycles. The van der Waals surface area contributed by atoms with Gasteiger partial charge in [0.1, 0.15) is 0 Å². The van der Waals surface area contributed by atoms with Gasteiger partial charge in [0, 0.05) is 25.6 Å². The Bertz CT molecular complexity index is 206. The predicted molar refractivity (Wildman–Crippen MR) is 67.4 cm³/mol. The van der Waals surface area contributed by atoms with Crippen molar-refractivity contribution < 1.29 is 4.79 Å². The number of carbonyl (C=O) groups is 1. The van der Waals surface area contributed by atoms with Crippen LogP contribution in [0.2, 0.25) is 0 Å². The quantitative estimate of drug-likeness (QED) is 0.779. The van der Waals surface area contributed by atoms with Gasteiger partial charge in [0.05, 0.1) is 0 Å². The summed E-state index contributed by atoms with van der Waals surface area (Å²) in [7, 11) is 1.99. The molecule has 16 heavy (non-hydrogen) atoms. The van der Waals surface area contributed by atoms with Crippen molar-refractivity contribution in [2.24, 2.45) is 0 Å². The van der Waals surface area contributed by atoms with Gasteiger partial charge in [0.2, 0.25) is 5.91 Å². The number of hydrogen-bond acceptors (Lipinski definition) is 2. The molecule has 3 nitrogen and oxygen atoms in total. The van der Waals surface area contributed by atoms with Crippen molar-refractivity contribution in [3.8, 4) is 0 Å². The Morgan fingerprint density at radius 3 is 2.81 bits per heavy atom. The molecule has 3 heteroatoms. The third kappa shape index (κ3) is 4.97. The van der Waals surface area contributed by atoms with Gasteiger partial charge in [-0.1, -0.05) is 12.8 Å². The molecule has 1 aliphatic heterocycles. The number of nitrogens with zero attached hydrogens (tertiary/aromatic N) is 1. The Hall–Kier alpha value is -0.570. The molecule has 0 aromatic heterocycles. The zero-order valence-electron chi connectivity index (χ0n) is 10.8. The highest BCUT2D eigenvalue weighted by molar-refractivity contribution is 5.76. The zero-order chi connectivity index (χ0) is 11.8. The van der Waals surface area contributed by atoms with Gasteiger partial charge in [-0.15, -0.1) is 0 Å². The van der Waals surface area contributed by atoms with Crippen molar-refractivity contribution in [2.75, 3.05) is 20.1 Å². The second kappa shape index (κ2) is 7.66. The molecule has 1 heterocycles. The van der Waals surface area contributed by atoms with Crippen LogP contribution < -0.4 is 5.32 Å². The molecule has 0 bridgehead atoms. The van der Waals surface area contributed by atoms with Gasteiger partial charge in [-0.3, -0.25) is 4.79 Å². The van der Waals surface area contributed by atoms with Crippen LogP contribution in [0.3, 0.4) is 0 Å². The molecule has 0 radical (unpaired) electrons. The molecule has 1 rings (SSSR count). The van der Waals surface area contributed by atoms with Crippen LogP contribution in [-0.4, -0.2) is 37.0 Å². The lowest BCUT2D eigenvalue weighted by Crippen LogP contribution is -2.34. The molecule has 1 amide bonds. The molecule has 1 saturated heterocycles. The fourth-order valence-electron chi connectivity index (χ4n) is 2.18. The summed E-state index contributed by atoms with van der Waals surface area (Å²) in [6.45, 7) is 4.12. The van der Waals surface area contributed by atoms with Crippen molar-refractivity contribution in [2.45, 2.75) is 57.9 Å². The minimum atomic E-state index is 0.372. The van der Waals surface area contributed by atoms with Gasteiger partial charge in [0.25, 0.3) is 0 Å². The third-order valence-corrected chi connectivity index (χ3v) is 3.48. The second-order valence-corrected chi connectivity index (χ2v) is 4.88. The maximum Gasteiger partial charge on any atom is 0.222 e. The largest absolute Gasteiger partial charge is 0.343 e. The summed E-state index contributed by atoms with van der Waals surface area (Å²) >= 11 is 0. The van der Waals surface area contributed by atoms with E-state index < -0.39 is 0 Å². The van der Waals surface area contributed by atoms with E-state index in [1.54, 1.807) is 0 Å². The number of rotatable bonds is 5. The molecule has 1 N–H and O–H groups in total. The topological polar surface area (TPSA) is 32.3 Å². The Kier molecular flexibility index (Phi) is 6.46.